The summed E-state index contributed by atoms with van der Waals surface area (Å²) in [6.07, 6.45) is 37.7. The summed E-state index contributed by atoms with van der Waals surface area (Å²) < 4.78 is 21.7. The fraction of sp³-hybridized carbons (Fsp3) is 0.955. The van der Waals surface area contributed by atoms with Gasteiger partial charge in [-0.1, -0.05) is 195 Å². The van der Waals surface area contributed by atoms with Crippen molar-refractivity contribution in [2.75, 3.05) is 13.2 Å². The SMILES string of the molecule is CC(C)CCCCCCCCCCCCCCCOC(=O)OC1CCCC(OC(=O)OCCCCCCCCCCCCCCCC(C)C)C1. The van der Waals surface area contributed by atoms with Crippen molar-refractivity contribution in [3.63, 3.8) is 0 Å². The molecule has 0 N–H and O–H groups in total. The zero-order valence-corrected chi connectivity index (χ0v) is 33.8. The second-order valence-electron chi connectivity index (χ2n) is 16.4. The van der Waals surface area contributed by atoms with E-state index in [1.54, 1.807) is 0 Å². The van der Waals surface area contributed by atoms with Crippen molar-refractivity contribution in [2.45, 2.75) is 245 Å². The average Bonchev–Trinajstić information content (AvgIpc) is 3.07. The second-order valence-corrected chi connectivity index (χ2v) is 16.4. The van der Waals surface area contributed by atoms with Crippen LogP contribution in [0.1, 0.15) is 233 Å². The molecule has 6 nitrogen and oxygen atoms in total. The third-order valence-corrected chi connectivity index (χ3v) is 10.4. The number of carbonyl (C=O) groups is 2. The third kappa shape index (κ3) is 32.4. The zero-order valence-electron chi connectivity index (χ0n) is 33.8. The van der Waals surface area contributed by atoms with Gasteiger partial charge in [-0.3, -0.25) is 0 Å². The molecule has 1 aliphatic carbocycles. The van der Waals surface area contributed by atoms with Gasteiger partial charge in [0.15, 0.2) is 0 Å². The number of hydrogen-bond donors (Lipinski definition) is 0. The minimum atomic E-state index is -0.596. The number of carbonyl (C=O) groups excluding carboxylic acids is 2. The maximum atomic E-state index is 12.2. The summed E-state index contributed by atoms with van der Waals surface area (Å²) in [4.78, 5) is 24.4. The quantitative estimate of drug-likeness (QED) is 0.0489. The Morgan fingerprint density at radius 3 is 0.960 bits per heavy atom. The van der Waals surface area contributed by atoms with Crippen LogP contribution in [0.5, 0.6) is 0 Å². The van der Waals surface area contributed by atoms with Crippen LogP contribution in [0.15, 0.2) is 0 Å². The summed E-state index contributed by atoms with van der Waals surface area (Å²) in [5.74, 6) is 1.70. The molecule has 0 aliphatic heterocycles. The third-order valence-electron chi connectivity index (χ3n) is 10.4. The van der Waals surface area contributed by atoms with Gasteiger partial charge in [0.25, 0.3) is 0 Å². The van der Waals surface area contributed by atoms with Crippen molar-refractivity contribution in [1.29, 1.82) is 0 Å². The largest absolute Gasteiger partial charge is 0.508 e. The lowest BCUT2D eigenvalue weighted by molar-refractivity contribution is -0.0350. The molecule has 0 aromatic heterocycles. The normalized spacial score (nSPS) is 16.2. The molecule has 0 bridgehead atoms. The van der Waals surface area contributed by atoms with E-state index in [1.807, 2.05) is 0 Å². The summed E-state index contributed by atoms with van der Waals surface area (Å²) in [5, 5.41) is 0. The highest BCUT2D eigenvalue weighted by atomic mass is 16.7. The van der Waals surface area contributed by atoms with Crippen LogP contribution in [0.25, 0.3) is 0 Å². The van der Waals surface area contributed by atoms with Crippen molar-refractivity contribution in [1.82, 2.24) is 0 Å². The Labute approximate surface area is 310 Å². The van der Waals surface area contributed by atoms with Crippen molar-refractivity contribution in [3.05, 3.63) is 0 Å². The highest BCUT2D eigenvalue weighted by Crippen LogP contribution is 2.25. The Kier molecular flexibility index (Phi) is 32.2. The van der Waals surface area contributed by atoms with Crippen LogP contribution in [0.2, 0.25) is 0 Å². The predicted octanol–water partition coefficient (Wildman–Crippen LogP) is 14.8. The zero-order chi connectivity index (χ0) is 36.3. The maximum absolute atomic E-state index is 12.2. The fourth-order valence-corrected chi connectivity index (χ4v) is 7.17. The molecule has 1 saturated carbocycles. The Morgan fingerprint density at radius 1 is 0.420 bits per heavy atom. The number of unbranched alkanes of at least 4 members (excludes halogenated alkanes) is 24. The van der Waals surface area contributed by atoms with Crippen molar-refractivity contribution < 1.29 is 28.5 Å². The van der Waals surface area contributed by atoms with Crippen LogP contribution in [0, 0.1) is 11.8 Å². The molecule has 1 fully saturated rings. The Bertz CT molecular complexity index is 693. The summed E-state index contributed by atoms with van der Waals surface area (Å²) >= 11 is 0. The van der Waals surface area contributed by atoms with Gasteiger partial charge in [0.05, 0.1) is 13.2 Å². The average molecular weight is 709 g/mol. The first-order valence-corrected chi connectivity index (χ1v) is 22.0. The van der Waals surface area contributed by atoms with Crippen LogP contribution in [-0.2, 0) is 18.9 Å². The van der Waals surface area contributed by atoms with Gasteiger partial charge >= 0.3 is 12.3 Å². The highest BCUT2D eigenvalue weighted by Gasteiger charge is 2.28. The molecule has 0 spiro atoms. The molecule has 0 radical (unpaired) electrons. The van der Waals surface area contributed by atoms with Crippen molar-refractivity contribution in [2.24, 2.45) is 11.8 Å². The molecule has 6 heteroatoms. The Morgan fingerprint density at radius 2 is 0.680 bits per heavy atom. The molecular formula is C44H84O6. The first-order valence-electron chi connectivity index (χ1n) is 22.0. The van der Waals surface area contributed by atoms with Crippen LogP contribution in [-0.4, -0.2) is 37.7 Å². The van der Waals surface area contributed by atoms with E-state index < -0.39 is 12.3 Å². The lowest BCUT2D eigenvalue weighted by Gasteiger charge is -2.28. The van der Waals surface area contributed by atoms with Gasteiger partial charge in [-0.2, -0.15) is 0 Å². The predicted molar refractivity (Wildman–Crippen MR) is 210 cm³/mol. The fourth-order valence-electron chi connectivity index (χ4n) is 7.17. The van der Waals surface area contributed by atoms with Gasteiger partial charge in [0, 0.05) is 6.42 Å². The van der Waals surface area contributed by atoms with E-state index in [1.165, 1.54) is 154 Å². The topological polar surface area (TPSA) is 71.1 Å². The molecule has 0 amide bonds. The molecule has 2 unspecified atom stereocenters. The smallest absolute Gasteiger partial charge is 0.434 e. The van der Waals surface area contributed by atoms with Gasteiger partial charge in [-0.25, -0.2) is 9.59 Å². The van der Waals surface area contributed by atoms with Gasteiger partial charge in [-0.05, 0) is 43.9 Å². The number of ether oxygens (including phenoxy) is 4. The minimum absolute atomic E-state index is 0.265. The molecule has 50 heavy (non-hydrogen) atoms. The summed E-state index contributed by atoms with van der Waals surface area (Å²) in [6.45, 7) is 10.1. The minimum Gasteiger partial charge on any atom is -0.434 e. The summed E-state index contributed by atoms with van der Waals surface area (Å²) in [6, 6.07) is 0. The molecule has 296 valence electrons. The summed E-state index contributed by atoms with van der Waals surface area (Å²) in [5.41, 5.74) is 0. The van der Waals surface area contributed by atoms with Gasteiger partial charge in [-0.15, -0.1) is 0 Å². The number of hydrogen-bond acceptors (Lipinski definition) is 6. The van der Waals surface area contributed by atoms with E-state index in [-0.39, 0.29) is 12.2 Å². The molecule has 0 aromatic rings. The van der Waals surface area contributed by atoms with Crippen LogP contribution >= 0.6 is 0 Å². The van der Waals surface area contributed by atoms with Crippen LogP contribution < -0.4 is 0 Å². The van der Waals surface area contributed by atoms with E-state index >= 15 is 0 Å². The van der Waals surface area contributed by atoms with Crippen molar-refractivity contribution in [3.8, 4) is 0 Å². The Hall–Kier alpha value is -1.46. The molecule has 2 atom stereocenters. The van der Waals surface area contributed by atoms with Crippen LogP contribution in [0.4, 0.5) is 9.59 Å². The van der Waals surface area contributed by atoms with Crippen molar-refractivity contribution >= 4 is 12.3 Å². The summed E-state index contributed by atoms with van der Waals surface area (Å²) in [7, 11) is 0. The van der Waals surface area contributed by atoms with Gasteiger partial charge in [0.1, 0.15) is 12.2 Å². The Balaban J connectivity index is 1.88. The van der Waals surface area contributed by atoms with Crippen LogP contribution in [0.3, 0.4) is 0 Å². The maximum Gasteiger partial charge on any atom is 0.508 e. The molecule has 0 heterocycles. The first kappa shape index (κ1) is 46.6. The van der Waals surface area contributed by atoms with E-state index in [2.05, 4.69) is 27.7 Å². The second kappa shape index (κ2) is 34.6. The van der Waals surface area contributed by atoms with E-state index in [0.717, 1.165) is 56.8 Å². The van der Waals surface area contributed by atoms with Gasteiger partial charge in [0.2, 0.25) is 0 Å². The molecule has 1 aliphatic rings. The molecular weight excluding hydrogens is 624 g/mol. The van der Waals surface area contributed by atoms with E-state index in [9.17, 15) is 9.59 Å². The molecule has 1 rings (SSSR count). The standard InChI is InChI=1S/C44H84O6/c1-39(2)32-27-23-19-15-11-7-5-9-13-17-21-25-29-36-47-43(45)49-41-34-31-35-42(38-41)50-44(46)48-37-30-26-22-18-14-10-6-8-12-16-20-24-28-33-40(3)4/h39-42H,5-38H2,1-4H3. The molecule has 0 saturated heterocycles. The highest BCUT2D eigenvalue weighted by molar-refractivity contribution is 5.60. The number of rotatable bonds is 34. The van der Waals surface area contributed by atoms with Gasteiger partial charge < -0.3 is 18.9 Å². The molecule has 0 aromatic carbocycles. The van der Waals surface area contributed by atoms with E-state index in [0.29, 0.717) is 19.6 Å². The van der Waals surface area contributed by atoms with E-state index in [4.69, 9.17) is 18.9 Å². The first-order chi connectivity index (χ1) is 24.4. The lowest BCUT2D eigenvalue weighted by Crippen LogP contribution is -2.32. The lowest BCUT2D eigenvalue weighted by atomic mass is 9.95. The monoisotopic (exact) mass is 709 g/mol.